The molecule has 0 radical (unpaired) electrons. The highest BCUT2D eigenvalue weighted by molar-refractivity contribution is 9.10. The van der Waals surface area contributed by atoms with E-state index in [-0.39, 0.29) is 23.3 Å². The van der Waals surface area contributed by atoms with Gasteiger partial charge in [-0.2, -0.15) is 5.26 Å². The first kappa shape index (κ1) is 12.8. The Kier molecular flexibility index (Phi) is 3.78. The van der Waals surface area contributed by atoms with Gasteiger partial charge in [0.1, 0.15) is 17.5 Å². The van der Waals surface area contributed by atoms with E-state index in [0.29, 0.717) is 10.0 Å². The fourth-order valence-electron chi connectivity index (χ4n) is 1.41. The standard InChI is InChI=1S/C13H10BrFN2O/c14-11-6-8(1-4-12(11)15)5-9(7-16)13(18)17-10-2-3-10/h1,4-6,10H,2-3H2,(H,17,18)/b9-5+. The molecule has 92 valence electrons. The van der Waals surface area contributed by atoms with E-state index in [0.717, 1.165) is 12.8 Å². The maximum atomic E-state index is 13.0. The van der Waals surface area contributed by atoms with Crippen LogP contribution in [0, 0.1) is 17.1 Å². The average Bonchev–Trinajstić information content (AvgIpc) is 3.14. The van der Waals surface area contributed by atoms with Gasteiger partial charge in [0.15, 0.2) is 0 Å². The van der Waals surface area contributed by atoms with Gasteiger partial charge in [0, 0.05) is 6.04 Å². The van der Waals surface area contributed by atoms with Crippen molar-refractivity contribution in [3.8, 4) is 6.07 Å². The third kappa shape index (κ3) is 3.17. The maximum Gasteiger partial charge on any atom is 0.262 e. The Balaban J connectivity index is 2.19. The Morgan fingerprint density at radius 2 is 2.28 bits per heavy atom. The van der Waals surface area contributed by atoms with Crippen molar-refractivity contribution in [3.63, 3.8) is 0 Å². The quantitative estimate of drug-likeness (QED) is 0.689. The molecule has 0 aromatic heterocycles. The minimum absolute atomic E-state index is 0.0282. The summed E-state index contributed by atoms with van der Waals surface area (Å²) in [6, 6.07) is 6.38. The van der Waals surface area contributed by atoms with Crippen LogP contribution < -0.4 is 5.32 Å². The fraction of sp³-hybridized carbons (Fsp3) is 0.231. The van der Waals surface area contributed by atoms with Gasteiger partial charge in [-0.1, -0.05) is 6.07 Å². The van der Waals surface area contributed by atoms with E-state index in [2.05, 4.69) is 21.2 Å². The second kappa shape index (κ2) is 5.32. The lowest BCUT2D eigenvalue weighted by molar-refractivity contribution is -0.117. The number of amides is 1. The smallest absolute Gasteiger partial charge is 0.262 e. The van der Waals surface area contributed by atoms with Gasteiger partial charge in [0.25, 0.3) is 5.91 Å². The number of carbonyl (C=O) groups excluding carboxylic acids is 1. The van der Waals surface area contributed by atoms with Crippen molar-refractivity contribution in [1.29, 1.82) is 5.26 Å². The highest BCUT2D eigenvalue weighted by Gasteiger charge is 2.24. The van der Waals surface area contributed by atoms with Gasteiger partial charge < -0.3 is 5.32 Å². The first-order chi connectivity index (χ1) is 8.60. The van der Waals surface area contributed by atoms with Crippen molar-refractivity contribution in [2.75, 3.05) is 0 Å². The number of nitrogens with zero attached hydrogens (tertiary/aromatic N) is 1. The number of rotatable bonds is 3. The summed E-state index contributed by atoms with van der Waals surface area (Å²) < 4.78 is 13.3. The zero-order valence-corrected chi connectivity index (χ0v) is 11.0. The molecule has 1 N–H and O–H groups in total. The van der Waals surface area contributed by atoms with Gasteiger partial charge in [-0.15, -0.1) is 0 Å². The zero-order valence-electron chi connectivity index (χ0n) is 9.41. The zero-order chi connectivity index (χ0) is 13.1. The Bertz CT molecular complexity index is 559. The largest absolute Gasteiger partial charge is 0.349 e. The molecule has 1 fully saturated rings. The summed E-state index contributed by atoms with van der Waals surface area (Å²) in [7, 11) is 0. The number of hydrogen-bond acceptors (Lipinski definition) is 2. The van der Waals surface area contributed by atoms with Crippen molar-refractivity contribution in [2.45, 2.75) is 18.9 Å². The van der Waals surface area contributed by atoms with Crippen LogP contribution in [-0.2, 0) is 4.79 Å². The molecule has 0 bridgehead atoms. The van der Waals surface area contributed by atoms with Gasteiger partial charge >= 0.3 is 0 Å². The van der Waals surface area contributed by atoms with Crippen molar-refractivity contribution in [3.05, 3.63) is 39.6 Å². The molecule has 0 unspecified atom stereocenters. The molecule has 0 heterocycles. The Hall–Kier alpha value is -1.67. The summed E-state index contributed by atoms with van der Waals surface area (Å²) in [6.07, 6.45) is 3.38. The lowest BCUT2D eigenvalue weighted by Crippen LogP contribution is -2.26. The predicted molar refractivity (Wildman–Crippen MR) is 68.9 cm³/mol. The molecule has 3 nitrogen and oxygen atoms in total. The molecule has 1 amide bonds. The highest BCUT2D eigenvalue weighted by Crippen LogP contribution is 2.21. The lowest BCUT2D eigenvalue weighted by atomic mass is 10.1. The number of hydrogen-bond donors (Lipinski definition) is 1. The fourth-order valence-corrected chi connectivity index (χ4v) is 1.80. The molecule has 1 aliphatic carbocycles. The SMILES string of the molecule is N#C/C(=C\c1ccc(F)c(Br)c1)C(=O)NC1CC1. The molecule has 1 aromatic rings. The van der Waals surface area contributed by atoms with E-state index in [9.17, 15) is 9.18 Å². The van der Waals surface area contributed by atoms with Crippen molar-refractivity contribution in [1.82, 2.24) is 5.32 Å². The normalized spacial score (nSPS) is 15.1. The van der Waals surface area contributed by atoms with Crippen LogP contribution in [0.2, 0.25) is 0 Å². The van der Waals surface area contributed by atoms with Crippen molar-refractivity contribution in [2.24, 2.45) is 0 Å². The van der Waals surface area contributed by atoms with Crippen LogP contribution in [0.3, 0.4) is 0 Å². The number of halogens is 2. The van der Waals surface area contributed by atoms with Crippen LogP contribution in [0.25, 0.3) is 6.08 Å². The van der Waals surface area contributed by atoms with E-state index in [1.807, 2.05) is 6.07 Å². The maximum absolute atomic E-state index is 13.0. The second-order valence-corrected chi connectivity index (χ2v) is 4.95. The van der Waals surface area contributed by atoms with E-state index in [1.54, 1.807) is 0 Å². The molecule has 0 aliphatic heterocycles. The number of benzene rings is 1. The van der Waals surface area contributed by atoms with Crippen LogP contribution in [0.1, 0.15) is 18.4 Å². The summed E-state index contributed by atoms with van der Waals surface area (Å²) in [4.78, 5) is 11.7. The molecule has 2 rings (SSSR count). The third-order valence-corrected chi connectivity index (χ3v) is 3.14. The summed E-state index contributed by atoms with van der Waals surface area (Å²) in [5.41, 5.74) is 0.631. The van der Waals surface area contributed by atoms with Gasteiger partial charge in [0.2, 0.25) is 0 Å². The predicted octanol–water partition coefficient (Wildman–Crippen LogP) is 2.77. The molecule has 0 saturated heterocycles. The van der Waals surface area contributed by atoms with E-state index in [4.69, 9.17) is 5.26 Å². The van der Waals surface area contributed by atoms with E-state index >= 15 is 0 Å². The van der Waals surface area contributed by atoms with E-state index < -0.39 is 0 Å². The van der Waals surface area contributed by atoms with Crippen molar-refractivity contribution < 1.29 is 9.18 Å². The van der Waals surface area contributed by atoms with Crippen LogP contribution >= 0.6 is 15.9 Å². The Morgan fingerprint density at radius 1 is 1.56 bits per heavy atom. The second-order valence-electron chi connectivity index (χ2n) is 4.09. The third-order valence-electron chi connectivity index (χ3n) is 2.53. The molecule has 5 heteroatoms. The summed E-state index contributed by atoms with van der Waals surface area (Å²) in [5.74, 6) is -0.756. The molecular formula is C13H10BrFN2O. The monoisotopic (exact) mass is 308 g/mol. The minimum Gasteiger partial charge on any atom is -0.349 e. The first-order valence-corrected chi connectivity index (χ1v) is 6.27. The molecule has 1 saturated carbocycles. The molecule has 18 heavy (non-hydrogen) atoms. The van der Waals surface area contributed by atoms with Crippen LogP contribution in [-0.4, -0.2) is 11.9 Å². The van der Waals surface area contributed by atoms with Gasteiger partial charge in [-0.3, -0.25) is 4.79 Å². The number of nitrogens with one attached hydrogen (secondary N) is 1. The van der Waals surface area contributed by atoms with Crippen LogP contribution in [0.15, 0.2) is 28.2 Å². The van der Waals surface area contributed by atoms with Crippen LogP contribution in [0.5, 0.6) is 0 Å². The molecule has 0 atom stereocenters. The molecule has 1 aromatic carbocycles. The average molecular weight is 309 g/mol. The van der Waals surface area contributed by atoms with Gasteiger partial charge in [-0.25, -0.2) is 4.39 Å². The first-order valence-electron chi connectivity index (χ1n) is 5.48. The summed E-state index contributed by atoms with van der Waals surface area (Å²) in [5, 5.41) is 11.7. The Morgan fingerprint density at radius 3 is 2.83 bits per heavy atom. The Labute approximate surface area is 112 Å². The van der Waals surface area contributed by atoms with Crippen LogP contribution in [0.4, 0.5) is 4.39 Å². The molecule has 0 spiro atoms. The number of carbonyl (C=O) groups is 1. The highest BCUT2D eigenvalue weighted by atomic mass is 79.9. The minimum atomic E-state index is -0.381. The summed E-state index contributed by atoms with van der Waals surface area (Å²) >= 11 is 3.06. The summed E-state index contributed by atoms with van der Waals surface area (Å²) in [6.45, 7) is 0. The van der Waals surface area contributed by atoms with Gasteiger partial charge in [-0.05, 0) is 52.5 Å². The lowest BCUT2D eigenvalue weighted by Gasteiger charge is -2.02. The topological polar surface area (TPSA) is 52.9 Å². The van der Waals surface area contributed by atoms with E-state index in [1.165, 1.54) is 24.3 Å². The number of nitriles is 1. The molecule has 1 aliphatic rings. The van der Waals surface area contributed by atoms with Gasteiger partial charge in [0.05, 0.1) is 4.47 Å². The van der Waals surface area contributed by atoms with Crippen molar-refractivity contribution >= 4 is 27.9 Å². The molecular weight excluding hydrogens is 299 g/mol.